The van der Waals surface area contributed by atoms with E-state index in [1.165, 1.54) is 44.9 Å². The van der Waals surface area contributed by atoms with Crippen LogP contribution in [0.1, 0.15) is 78.6 Å². The largest absolute Gasteiger partial charge is 0.389 e. The van der Waals surface area contributed by atoms with Gasteiger partial charge in [0.05, 0.1) is 5.60 Å². The van der Waals surface area contributed by atoms with Crippen LogP contribution in [0.15, 0.2) is 0 Å². The van der Waals surface area contributed by atoms with E-state index in [1.807, 2.05) is 0 Å². The van der Waals surface area contributed by atoms with Crippen LogP contribution in [0.2, 0.25) is 0 Å². The lowest BCUT2D eigenvalue weighted by atomic mass is 9.55. The maximum Gasteiger partial charge on any atom is 0.0715 e. The molecule has 0 radical (unpaired) electrons. The molecule has 2 nitrogen and oxygen atoms in total. The van der Waals surface area contributed by atoms with Crippen LogP contribution in [0.4, 0.5) is 0 Å². The van der Waals surface area contributed by atoms with E-state index in [9.17, 15) is 5.11 Å². The smallest absolute Gasteiger partial charge is 0.0715 e. The molecule has 20 heavy (non-hydrogen) atoms. The lowest BCUT2D eigenvalue weighted by molar-refractivity contribution is -0.139. The molecule has 0 heterocycles. The Bertz CT molecular complexity index is 297. The minimum atomic E-state index is -0.565. The molecule has 0 aromatic rings. The van der Waals surface area contributed by atoms with Gasteiger partial charge in [0.1, 0.15) is 0 Å². The highest BCUT2D eigenvalue weighted by molar-refractivity contribution is 5.03. The van der Waals surface area contributed by atoms with E-state index >= 15 is 0 Å². The minimum absolute atomic E-state index is 0.0274. The standard InChI is InChI=1S/C18H35NO/c1-14(2)15-9-11-18(13-19,12-10-15)17(3,20)16-7-5-4-6-8-16/h14-16,20H,4-13,19H2,1-3H3. The third-order valence-corrected chi connectivity index (χ3v) is 6.79. The Morgan fingerprint density at radius 1 is 1.10 bits per heavy atom. The number of aliphatic hydroxyl groups is 1. The normalized spacial score (nSPS) is 36.0. The molecule has 2 aliphatic rings. The van der Waals surface area contributed by atoms with Gasteiger partial charge in [-0.15, -0.1) is 0 Å². The number of hydrogen-bond acceptors (Lipinski definition) is 2. The Kier molecular flexibility index (Phi) is 5.18. The van der Waals surface area contributed by atoms with Gasteiger partial charge in [-0.2, -0.15) is 0 Å². The summed E-state index contributed by atoms with van der Waals surface area (Å²) in [7, 11) is 0. The van der Waals surface area contributed by atoms with Gasteiger partial charge in [-0.3, -0.25) is 0 Å². The van der Waals surface area contributed by atoms with E-state index in [2.05, 4.69) is 20.8 Å². The van der Waals surface area contributed by atoms with Crippen LogP contribution >= 0.6 is 0 Å². The first-order valence-corrected chi connectivity index (χ1v) is 8.85. The van der Waals surface area contributed by atoms with Crippen molar-refractivity contribution in [2.24, 2.45) is 28.9 Å². The van der Waals surface area contributed by atoms with E-state index in [-0.39, 0.29) is 5.41 Å². The zero-order valence-corrected chi connectivity index (χ0v) is 13.8. The van der Waals surface area contributed by atoms with Crippen molar-refractivity contribution < 1.29 is 5.11 Å². The lowest BCUT2D eigenvalue weighted by Gasteiger charge is -2.53. The fourth-order valence-corrected chi connectivity index (χ4v) is 4.87. The lowest BCUT2D eigenvalue weighted by Crippen LogP contribution is -2.57. The van der Waals surface area contributed by atoms with Gasteiger partial charge >= 0.3 is 0 Å². The molecule has 2 heteroatoms. The van der Waals surface area contributed by atoms with E-state index in [1.54, 1.807) is 0 Å². The first-order chi connectivity index (χ1) is 9.43. The highest BCUT2D eigenvalue weighted by atomic mass is 16.3. The van der Waals surface area contributed by atoms with Crippen LogP contribution in [0, 0.1) is 23.2 Å². The van der Waals surface area contributed by atoms with E-state index in [0.717, 1.165) is 24.7 Å². The summed E-state index contributed by atoms with van der Waals surface area (Å²) in [4.78, 5) is 0. The summed E-state index contributed by atoms with van der Waals surface area (Å²) in [6.45, 7) is 7.42. The molecule has 1 unspecified atom stereocenters. The first-order valence-electron chi connectivity index (χ1n) is 8.85. The molecule has 2 saturated carbocycles. The average molecular weight is 281 g/mol. The Morgan fingerprint density at radius 3 is 2.10 bits per heavy atom. The average Bonchev–Trinajstić information content (AvgIpc) is 2.48. The van der Waals surface area contributed by atoms with Gasteiger partial charge in [0.15, 0.2) is 0 Å². The Morgan fingerprint density at radius 2 is 1.65 bits per heavy atom. The monoisotopic (exact) mass is 281 g/mol. The summed E-state index contributed by atoms with van der Waals surface area (Å²) in [6, 6.07) is 0. The third kappa shape index (κ3) is 2.92. The van der Waals surface area contributed by atoms with Gasteiger partial charge in [0, 0.05) is 12.0 Å². The van der Waals surface area contributed by atoms with E-state index in [0.29, 0.717) is 12.5 Å². The second-order valence-electron chi connectivity index (χ2n) is 8.05. The van der Waals surface area contributed by atoms with Gasteiger partial charge < -0.3 is 10.8 Å². The van der Waals surface area contributed by atoms with Crippen LogP contribution in [-0.4, -0.2) is 17.3 Å². The van der Waals surface area contributed by atoms with Gasteiger partial charge in [-0.1, -0.05) is 33.1 Å². The molecule has 2 aliphatic carbocycles. The van der Waals surface area contributed by atoms with Crippen molar-refractivity contribution in [3.8, 4) is 0 Å². The van der Waals surface area contributed by atoms with Crippen LogP contribution in [-0.2, 0) is 0 Å². The van der Waals surface area contributed by atoms with Crippen molar-refractivity contribution in [2.45, 2.75) is 84.2 Å². The summed E-state index contributed by atoms with van der Waals surface area (Å²) in [5.41, 5.74) is 5.60. The summed E-state index contributed by atoms with van der Waals surface area (Å²) in [6.07, 6.45) is 11.1. The van der Waals surface area contributed by atoms with Crippen molar-refractivity contribution in [3.63, 3.8) is 0 Å². The molecule has 0 bridgehead atoms. The molecule has 2 fully saturated rings. The molecule has 3 N–H and O–H groups in total. The quantitative estimate of drug-likeness (QED) is 0.814. The minimum Gasteiger partial charge on any atom is -0.389 e. The van der Waals surface area contributed by atoms with Crippen LogP contribution in [0.25, 0.3) is 0 Å². The zero-order valence-electron chi connectivity index (χ0n) is 13.8. The van der Waals surface area contributed by atoms with Gasteiger partial charge in [-0.25, -0.2) is 0 Å². The molecular weight excluding hydrogens is 246 g/mol. The number of rotatable bonds is 4. The molecule has 2 rings (SSSR count). The molecular formula is C18H35NO. The molecule has 0 aliphatic heterocycles. The first kappa shape index (κ1) is 16.3. The van der Waals surface area contributed by atoms with Gasteiger partial charge in [0.2, 0.25) is 0 Å². The third-order valence-electron chi connectivity index (χ3n) is 6.79. The van der Waals surface area contributed by atoms with E-state index in [4.69, 9.17) is 5.73 Å². The van der Waals surface area contributed by atoms with Gasteiger partial charge in [-0.05, 0) is 63.2 Å². The van der Waals surface area contributed by atoms with E-state index < -0.39 is 5.60 Å². The van der Waals surface area contributed by atoms with Crippen molar-refractivity contribution >= 4 is 0 Å². The second-order valence-corrected chi connectivity index (χ2v) is 8.05. The molecule has 1 atom stereocenters. The van der Waals surface area contributed by atoms with Crippen LogP contribution in [0.5, 0.6) is 0 Å². The molecule has 0 aromatic heterocycles. The molecule has 0 spiro atoms. The summed E-state index contributed by atoms with van der Waals surface area (Å²) < 4.78 is 0. The van der Waals surface area contributed by atoms with Crippen LogP contribution in [0.3, 0.4) is 0 Å². The SMILES string of the molecule is CC(C)C1CCC(CN)(C(C)(O)C2CCCCC2)CC1. The molecule has 0 amide bonds. The highest BCUT2D eigenvalue weighted by Crippen LogP contribution is 2.52. The maximum absolute atomic E-state index is 11.4. The fraction of sp³-hybridized carbons (Fsp3) is 1.00. The van der Waals surface area contributed by atoms with Crippen molar-refractivity contribution in [2.75, 3.05) is 6.54 Å². The zero-order chi connectivity index (χ0) is 14.8. The van der Waals surface area contributed by atoms with Crippen molar-refractivity contribution in [3.05, 3.63) is 0 Å². The Labute approximate surface area is 125 Å². The Balaban J connectivity index is 2.10. The molecule has 0 aromatic carbocycles. The maximum atomic E-state index is 11.4. The molecule has 0 saturated heterocycles. The summed E-state index contributed by atoms with van der Waals surface area (Å²) >= 11 is 0. The van der Waals surface area contributed by atoms with Crippen molar-refractivity contribution in [1.29, 1.82) is 0 Å². The predicted octanol–water partition coefficient (Wildman–Crippen LogP) is 4.11. The van der Waals surface area contributed by atoms with Gasteiger partial charge in [0.25, 0.3) is 0 Å². The summed E-state index contributed by atoms with van der Waals surface area (Å²) in [5, 5.41) is 11.4. The van der Waals surface area contributed by atoms with Crippen LogP contribution < -0.4 is 5.73 Å². The highest BCUT2D eigenvalue weighted by Gasteiger charge is 2.51. The second kappa shape index (κ2) is 6.36. The predicted molar refractivity (Wildman–Crippen MR) is 85.5 cm³/mol. The number of nitrogens with two attached hydrogens (primary N) is 1. The topological polar surface area (TPSA) is 46.2 Å². The summed E-state index contributed by atoms with van der Waals surface area (Å²) in [5.74, 6) is 2.07. The van der Waals surface area contributed by atoms with Crippen molar-refractivity contribution in [1.82, 2.24) is 0 Å². The molecule has 118 valence electrons. The fourth-order valence-electron chi connectivity index (χ4n) is 4.87. The Hall–Kier alpha value is -0.0800. The number of hydrogen-bond donors (Lipinski definition) is 2.